The van der Waals surface area contributed by atoms with Gasteiger partial charge in [-0.1, -0.05) is 215 Å². The van der Waals surface area contributed by atoms with Crippen LogP contribution < -0.4 is 5.73 Å². The molecule has 2 atom stereocenters. The SMILES string of the molecule is CC/C=C\C/C=C\C/C=C\C/C=C\C/C=C\C/C=C\C/C=C\C/C=C\C/C=C\C/C=C\C/C=C\C/C=C\CCCCC(=O)OC(COC(=O)CCCCCCC/C=C\C/C=C\C/C=C\CC)COP(=O)(O)OCCN. The molecule has 0 radical (unpaired) electrons. The van der Waals surface area contributed by atoms with Crippen LogP contribution in [-0.4, -0.2) is 49.3 Å². The quantitative estimate of drug-likeness (QED) is 0.0264. The van der Waals surface area contributed by atoms with E-state index in [1.165, 1.54) is 0 Å². The Balaban J connectivity index is 4.14. The normalized spacial score (nSPS) is 14.5. The molecule has 0 fully saturated rings. The molecular weight excluding hydrogens is 954 g/mol. The highest BCUT2D eigenvalue weighted by Gasteiger charge is 2.26. The maximum absolute atomic E-state index is 12.7. The number of allylic oxidation sites excluding steroid dienone is 30. The first-order chi connectivity index (χ1) is 36.8. The van der Waals surface area contributed by atoms with Crippen LogP contribution in [0.1, 0.15) is 181 Å². The van der Waals surface area contributed by atoms with E-state index in [1.807, 2.05) is 0 Å². The Morgan fingerprint density at radius 1 is 0.400 bits per heavy atom. The molecule has 0 aromatic rings. The lowest BCUT2D eigenvalue weighted by molar-refractivity contribution is -0.161. The molecule has 0 aromatic carbocycles. The summed E-state index contributed by atoms with van der Waals surface area (Å²) in [6, 6.07) is 0. The summed E-state index contributed by atoms with van der Waals surface area (Å²) in [4.78, 5) is 35.1. The number of unbranched alkanes of at least 4 members (excludes halogenated alkanes) is 7. The molecule has 0 spiro atoms. The summed E-state index contributed by atoms with van der Waals surface area (Å²) in [6.45, 7) is 3.40. The van der Waals surface area contributed by atoms with E-state index in [0.29, 0.717) is 12.8 Å². The molecule has 0 aliphatic heterocycles. The molecule has 0 aliphatic rings. The van der Waals surface area contributed by atoms with Crippen molar-refractivity contribution in [3.63, 3.8) is 0 Å². The van der Waals surface area contributed by atoms with Crippen molar-refractivity contribution < 1.29 is 37.6 Å². The highest BCUT2D eigenvalue weighted by molar-refractivity contribution is 7.47. The minimum atomic E-state index is -4.41. The van der Waals surface area contributed by atoms with Crippen molar-refractivity contribution in [1.29, 1.82) is 0 Å². The summed E-state index contributed by atoms with van der Waals surface area (Å²) in [5, 5.41) is 0. The molecule has 2 unspecified atom stereocenters. The summed E-state index contributed by atoms with van der Waals surface area (Å²) >= 11 is 0. The van der Waals surface area contributed by atoms with Crippen molar-refractivity contribution in [3.05, 3.63) is 182 Å². The Bertz CT molecular complexity index is 1870. The number of esters is 2. The molecule has 0 amide bonds. The second-order valence-electron chi connectivity index (χ2n) is 17.7. The van der Waals surface area contributed by atoms with E-state index in [4.69, 9.17) is 24.3 Å². The number of phosphoric ester groups is 1. The number of rotatable bonds is 50. The predicted molar refractivity (Wildman–Crippen MR) is 320 cm³/mol. The maximum atomic E-state index is 12.7. The largest absolute Gasteiger partial charge is 0.472 e. The first-order valence-electron chi connectivity index (χ1n) is 28.3. The van der Waals surface area contributed by atoms with E-state index < -0.39 is 32.5 Å². The third-order valence-corrected chi connectivity index (χ3v) is 11.8. The summed E-state index contributed by atoms with van der Waals surface area (Å²) in [7, 11) is -4.41. The first kappa shape index (κ1) is 70.1. The van der Waals surface area contributed by atoms with Gasteiger partial charge in [0, 0.05) is 19.4 Å². The van der Waals surface area contributed by atoms with Crippen LogP contribution in [0.25, 0.3) is 0 Å². The van der Waals surface area contributed by atoms with E-state index in [9.17, 15) is 19.0 Å². The van der Waals surface area contributed by atoms with Crippen LogP contribution in [0.4, 0.5) is 0 Å². The van der Waals surface area contributed by atoms with Gasteiger partial charge < -0.3 is 20.1 Å². The number of carbonyl (C=O) groups excluding carboxylic acids is 2. The van der Waals surface area contributed by atoms with E-state index in [-0.39, 0.29) is 32.6 Å². The van der Waals surface area contributed by atoms with Crippen LogP contribution in [0.15, 0.2) is 182 Å². The van der Waals surface area contributed by atoms with Crippen molar-refractivity contribution in [1.82, 2.24) is 0 Å². The van der Waals surface area contributed by atoms with Gasteiger partial charge in [0.1, 0.15) is 6.61 Å². The number of phosphoric acid groups is 1. The van der Waals surface area contributed by atoms with Gasteiger partial charge in [-0.25, -0.2) is 4.57 Å². The van der Waals surface area contributed by atoms with Gasteiger partial charge in [-0.3, -0.25) is 18.6 Å². The van der Waals surface area contributed by atoms with Gasteiger partial charge in [-0.05, 0) is 135 Å². The fraction of sp³-hybridized carbons (Fsp3) is 0.508. The minimum Gasteiger partial charge on any atom is -0.462 e. The van der Waals surface area contributed by atoms with Crippen LogP contribution in [0.5, 0.6) is 0 Å². The lowest BCUT2D eigenvalue weighted by Crippen LogP contribution is -2.29. The molecule has 0 heterocycles. The molecule has 10 heteroatoms. The Morgan fingerprint density at radius 2 is 0.693 bits per heavy atom. The van der Waals surface area contributed by atoms with Gasteiger partial charge in [0.25, 0.3) is 0 Å². The van der Waals surface area contributed by atoms with Gasteiger partial charge in [-0.2, -0.15) is 0 Å². The number of carbonyl (C=O) groups is 2. The number of ether oxygens (including phenoxy) is 2. The van der Waals surface area contributed by atoms with Gasteiger partial charge in [0.2, 0.25) is 0 Å². The summed E-state index contributed by atoms with van der Waals surface area (Å²) < 4.78 is 32.9. The monoisotopic (exact) mass is 1050 g/mol. The van der Waals surface area contributed by atoms with Gasteiger partial charge in [0.15, 0.2) is 6.10 Å². The summed E-state index contributed by atoms with van der Waals surface area (Å²) in [6.07, 6.45) is 88.1. The second-order valence-corrected chi connectivity index (χ2v) is 19.1. The second kappa shape index (κ2) is 58.4. The molecule has 0 bridgehead atoms. The van der Waals surface area contributed by atoms with Crippen molar-refractivity contribution in [2.24, 2.45) is 5.73 Å². The molecule has 0 aliphatic carbocycles. The fourth-order valence-corrected chi connectivity index (χ4v) is 7.45. The average Bonchev–Trinajstić information content (AvgIpc) is 3.40. The number of hydrogen-bond donors (Lipinski definition) is 2. The third-order valence-electron chi connectivity index (χ3n) is 10.8. The zero-order valence-electron chi connectivity index (χ0n) is 46.4. The van der Waals surface area contributed by atoms with Crippen LogP contribution >= 0.6 is 7.82 Å². The van der Waals surface area contributed by atoms with Gasteiger partial charge in [0.05, 0.1) is 13.2 Å². The first-order valence-corrected chi connectivity index (χ1v) is 29.8. The lowest BCUT2D eigenvalue weighted by atomic mass is 10.1. The highest BCUT2D eigenvalue weighted by Crippen LogP contribution is 2.43. The molecule has 0 rings (SSSR count). The standard InChI is InChI=1S/C65H100NO8P/c1-3-5-7-9-11-13-15-17-19-20-21-22-23-24-25-26-27-28-29-30-31-32-33-34-35-36-37-38-39-40-41-42-44-46-48-50-52-54-56-58-65(68)74-63(62-73-75(69,70)72-60-59-66)61-71-64(67)57-55-53-51-49-47-45-43-18-16-14-12-10-8-6-4-2/h5-8,11-14,17-19,21-22,24-25,27-28,30-31,33-34,36-37,39-40,42-44,48,50,63H,3-4,9-10,15-16,20,23,26,29,32,35,38,41,45-47,49,51-62,66H2,1-2H3,(H,69,70)/b7-5-,8-6-,13-11-,14-12-,19-17-,22-21-,25-24-,28-27-,31-30-,34-33-,37-36-,40-39-,43-18-,44-42-,50-48-. The summed E-state index contributed by atoms with van der Waals surface area (Å²) in [5.74, 6) is -0.918. The molecule has 0 saturated heterocycles. The summed E-state index contributed by atoms with van der Waals surface area (Å²) in [5.41, 5.74) is 5.36. The van der Waals surface area contributed by atoms with Crippen molar-refractivity contribution >= 4 is 19.8 Å². The lowest BCUT2D eigenvalue weighted by Gasteiger charge is -2.19. The van der Waals surface area contributed by atoms with E-state index in [1.54, 1.807) is 0 Å². The smallest absolute Gasteiger partial charge is 0.462 e. The van der Waals surface area contributed by atoms with Crippen LogP contribution in [-0.2, 0) is 32.7 Å². The molecule has 0 aromatic heterocycles. The molecule has 75 heavy (non-hydrogen) atoms. The van der Waals surface area contributed by atoms with Crippen molar-refractivity contribution in [2.45, 2.75) is 187 Å². The van der Waals surface area contributed by atoms with E-state index in [0.717, 1.165) is 141 Å². The fourth-order valence-electron chi connectivity index (χ4n) is 6.69. The van der Waals surface area contributed by atoms with Crippen LogP contribution in [0, 0.1) is 0 Å². The average molecular weight is 1050 g/mol. The Kier molecular flexibility index (Phi) is 54.6. The maximum Gasteiger partial charge on any atom is 0.472 e. The highest BCUT2D eigenvalue weighted by atomic mass is 31.2. The molecule has 3 N–H and O–H groups in total. The molecule has 418 valence electrons. The zero-order chi connectivity index (χ0) is 54.5. The van der Waals surface area contributed by atoms with Crippen LogP contribution in [0.3, 0.4) is 0 Å². The predicted octanol–water partition coefficient (Wildman–Crippen LogP) is 18.1. The molecule has 0 saturated carbocycles. The number of nitrogens with two attached hydrogens (primary N) is 1. The zero-order valence-corrected chi connectivity index (χ0v) is 47.3. The molecular formula is C65H100NO8P. The van der Waals surface area contributed by atoms with Crippen molar-refractivity contribution in [3.8, 4) is 0 Å². The van der Waals surface area contributed by atoms with Crippen LogP contribution in [0.2, 0.25) is 0 Å². The Morgan fingerprint density at radius 3 is 1.05 bits per heavy atom. The Hall–Kier alpha value is -4.89. The molecule has 9 nitrogen and oxygen atoms in total. The van der Waals surface area contributed by atoms with Crippen molar-refractivity contribution in [2.75, 3.05) is 26.4 Å². The van der Waals surface area contributed by atoms with E-state index >= 15 is 0 Å². The number of hydrogen-bond acceptors (Lipinski definition) is 8. The van der Waals surface area contributed by atoms with Gasteiger partial charge in [-0.15, -0.1) is 0 Å². The topological polar surface area (TPSA) is 134 Å². The minimum absolute atomic E-state index is 0.0330. The van der Waals surface area contributed by atoms with E-state index in [2.05, 4.69) is 196 Å². The van der Waals surface area contributed by atoms with Gasteiger partial charge >= 0.3 is 19.8 Å². The Labute approximate surface area is 456 Å². The third kappa shape index (κ3) is 58.2.